The van der Waals surface area contributed by atoms with Crippen molar-refractivity contribution < 1.29 is 9.13 Å². The predicted molar refractivity (Wildman–Crippen MR) is 72.8 cm³/mol. The molecule has 1 heterocycles. The lowest BCUT2D eigenvalue weighted by atomic mass is 9.94. The van der Waals surface area contributed by atoms with Gasteiger partial charge in [-0.2, -0.15) is 0 Å². The van der Waals surface area contributed by atoms with E-state index in [2.05, 4.69) is 17.4 Å². The second kappa shape index (κ2) is 5.41. The van der Waals surface area contributed by atoms with Gasteiger partial charge in [-0.25, -0.2) is 4.39 Å². The van der Waals surface area contributed by atoms with E-state index in [-0.39, 0.29) is 12.4 Å². The summed E-state index contributed by atoms with van der Waals surface area (Å²) in [7, 11) is 0. The molecular weight excluding hydrogens is 241 g/mol. The van der Waals surface area contributed by atoms with Gasteiger partial charge < -0.3 is 10.1 Å². The van der Waals surface area contributed by atoms with Crippen molar-refractivity contribution in [3.63, 3.8) is 0 Å². The van der Waals surface area contributed by atoms with Gasteiger partial charge in [-0.1, -0.05) is 30.3 Å². The highest BCUT2D eigenvalue weighted by Crippen LogP contribution is 2.23. The molecule has 0 aliphatic carbocycles. The van der Waals surface area contributed by atoms with Gasteiger partial charge >= 0.3 is 0 Å². The van der Waals surface area contributed by atoms with E-state index in [0.29, 0.717) is 11.5 Å². The van der Waals surface area contributed by atoms with E-state index in [1.54, 1.807) is 12.1 Å². The summed E-state index contributed by atoms with van der Waals surface area (Å²) in [5.41, 5.74) is 1.91. The third-order valence-electron chi connectivity index (χ3n) is 3.49. The summed E-state index contributed by atoms with van der Waals surface area (Å²) in [4.78, 5) is 0. The maximum atomic E-state index is 13.4. The first-order chi connectivity index (χ1) is 9.33. The summed E-state index contributed by atoms with van der Waals surface area (Å²) < 4.78 is 19.0. The van der Waals surface area contributed by atoms with Gasteiger partial charge in [0.2, 0.25) is 0 Å². The topological polar surface area (TPSA) is 21.3 Å². The van der Waals surface area contributed by atoms with E-state index in [1.807, 2.05) is 18.2 Å². The second-order valence-corrected chi connectivity index (χ2v) is 4.80. The monoisotopic (exact) mass is 257 g/mol. The van der Waals surface area contributed by atoms with Crippen LogP contribution in [0, 0.1) is 5.82 Å². The molecule has 1 fully saturated rings. The molecule has 0 aromatic heterocycles. The number of benzene rings is 2. The third-order valence-corrected chi connectivity index (χ3v) is 3.49. The smallest absolute Gasteiger partial charge is 0.129 e. The molecule has 0 bridgehead atoms. The van der Waals surface area contributed by atoms with E-state index < -0.39 is 0 Å². The van der Waals surface area contributed by atoms with E-state index in [0.717, 1.165) is 18.8 Å². The third kappa shape index (κ3) is 2.76. The standard InChI is InChI=1S/C16H16FNO/c17-16-4-2-1-3-13(16)11-19-15-7-5-12(6-8-15)14-9-18-10-14/h1-8,14,18H,9-11H2. The molecule has 0 amide bonds. The molecule has 3 rings (SSSR count). The summed E-state index contributed by atoms with van der Waals surface area (Å²) in [6, 6.07) is 14.8. The minimum atomic E-state index is -0.223. The molecule has 0 radical (unpaired) electrons. The lowest BCUT2D eigenvalue weighted by Gasteiger charge is -2.27. The summed E-state index contributed by atoms with van der Waals surface area (Å²) in [6.45, 7) is 2.36. The Morgan fingerprint density at radius 3 is 2.42 bits per heavy atom. The molecule has 2 nitrogen and oxygen atoms in total. The zero-order valence-corrected chi connectivity index (χ0v) is 10.6. The fourth-order valence-corrected chi connectivity index (χ4v) is 2.14. The molecule has 3 heteroatoms. The molecule has 1 aliphatic rings. The average Bonchev–Trinajstić information content (AvgIpc) is 2.37. The Kier molecular flexibility index (Phi) is 3.47. The Labute approximate surface area is 112 Å². The van der Waals surface area contributed by atoms with Crippen LogP contribution in [-0.2, 0) is 6.61 Å². The highest BCUT2D eigenvalue weighted by Gasteiger charge is 2.18. The average molecular weight is 257 g/mol. The first kappa shape index (κ1) is 12.2. The van der Waals surface area contributed by atoms with Crippen molar-refractivity contribution in [2.24, 2.45) is 0 Å². The molecule has 2 aromatic carbocycles. The van der Waals surface area contributed by atoms with Crippen LogP contribution in [0.4, 0.5) is 4.39 Å². The molecule has 0 saturated carbocycles. The number of nitrogens with one attached hydrogen (secondary N) is 1. The van der Waals surface area contributed by atoms with Gasteiger partial charge in [-0.05, 0) is 23.8 Å². The number of hydrogen-bond acceptors (Lipinski definition) is 2. The van der Waals surface area contributed by atoms with Crippen LogP contribution >= 0.6 is 0 Å². The van der Waals surface area contributed by atoms with E-state index in [4.69, 9.17) is 4.74 Å². The Morgan fingerprint density at radius 1 is 1.05 bits per heavy atom. The van der Waals surface area contributed by atoms with Crippen molar-refractivity contribution >= 4 is 0 Å². The van der Waals surface area contributed by atoms with Crippen LogP contribution in [0.2, 0.25) is 0 Å². The van der Waals surface area contributed by atoms with Gasteiger partial charge in [-0.3, -0.25) is 0 Å². The van der Waals surface area contributed by atoms with E-state index >= 15 is 0 Å². The molecule has 0 atom stereocenters. The first-order valence-corrected chi connectivity index (χ1v) is 6.50. The SMILES string of the molecule is Fc1ccccc1COc1ccc(C2CNC2)cc1. The molecule has 98 valence electrons. The number of rotatable bonds is 4. The van der Waals surface area contributed by atoms with Crippen LogP contribution < -0.4 is 10.1 Å². The van der Waals surface area contributed by atoms with Gasteiger partial charge in [-0.15, -0.1) is 0 Å². The van der Waals surface area contributed by atoms with Gasteiger partial charge in [0.1, 0.15) is 18.2 Å². The zero-order chi connectivity index (χ0) is 13.1. The number of hydrogen-bond donors (Lipinski definition) is 1. The fourth-order valence-electron chi connectivity index (χ4n) is 2.14. The maximum absolute atomic E-state index is 13.4. The molecule has 1 N–H and O–H groups in total. The van der Waals surface area contributed by atoms with Crippen LogP contribution in [0.1, 0.15) is 17.0 Å². The highest BCUT2D eigenvalue weighted by atomic mass is 19.1. The van der Waals surface area contributed by atoms with Crippen molar-refractivity contribution in [1.82, 2.24) is 5.32 Å². The zero-order valence-electron chi connectivity index (χ0n) is 10.6. The normalized spacial score (nSPS) is 15.0. The Balaban J connectivity index is 1.62. The van der Waals surface area contributed by atoms with Crippen LogP contribution in [0.25, 0.3) is 0 Å². The van der Waals surface area contributed by atoms with Gasteiger partial charge in [0.05, 0.1) is 0 Å². The molecule has 1 saturated heterocycles. The van der Waals surface area contributed by atoms with Crippen molar-refractivity contribution in [3.05, 3.63) is 65.5 Å². The van der Waals surface area contributed by atoms with Gasteiger partial charge in [0.25, 0.3) is 0 Å². The van der Waals surface area contributed by atoms with Crippen molar-refractivity contribution in [1.29, 1.82) is 0 Å². The molecule has 19 heavy (non-hydrogen) atoms. The summed E-state index contributed by atoms with van der Waals surface area (Å²) in [6.07, 6.45) is 0. The van der Waals surface area contributed by atoms with Crippen LogP contribution in [0.3, 0.4) is 0 Å². The largest absolute Gasteiger partial charge is 0.489 e. The second-order valence-electron chi connectivity index (χ2n) is 4.80. The first-order valence-electron chi connectivity index (χ1n) is 6.50. The quantitative estimate of drug-likeness (QED) is 0.908. The Morgan fingerprint density at radius 2 is 1.79 bits per heavy atom. The highest BCUT2D eigenvalue weighted by molar-refractivity contribution is 5.31. The van der Waals surface area contributed by atoms with Gasteiger partial charge in [0, 0.05) is 24.6 Å². The Hall–Kier alpha value is -1.87. The van der Waals surface area contributed by atoms with Crippen molar-refractivity contribution in [2.45, 2.75) is 12.5 Å². The summed E-state index contributed by atoms with van der Waals surface area (Å²) in [5.74, 6) is 1.18. The molecule has 1 aliphatic heterocycles. The molecule has 2 aromatic rings. The van der Waals surface area contributed by atoms with Crippen LogP contribution in [0.5, 0.6) is 5.75 Å². The summed E-state index contributed by atoms with van der Waals surface area (Å²) in [5, 5.41) is 3.25. The summed E-state index contributed by atoms with van der Waals surface area (Å²) >= 11 is 0. The lowest BCUT2D eigenvalue weighted by molar-refractivity contribution is 0.299. The van der Waals surface area contributed by atoms with Crippen LogP contribution in [-0.4, -0.2) is 13.1 Å². The van der Waals surface area contributed by atoms with E-state index in [9.17, 15) is 4.39 Å². The van der Waals surface area contributed by atoms with Crippen molar-refractivity contribution in [2.75, 3.05) is 13.1 Å². The van der Waals surface area contributed by atoms with E-state index in [1.165, 1.54) is 11.6 Å². The Bertz CT molecular complexity index is 549. The number of ether oxygens (including phenoxy) is 1. The molecule has 0 unspecified atom stereocenters. The minimum Gasteiger partial charge on any atom is -0.489 e. The minimum absolute atomic E-state index is 0.223. The predicted octanol–water partition coefficient (Wildman–Crippen LogP) is 3.09. The molecular formula is C16H16FNO. The lowest BCUT2D eigenvalue weighted by Crippen LogP contribution is -2.39. The van der Waals surface area contributed by atoms with Gasteiger partial charge in [0.15, 0.2) is 0 Å². The maximum Gasteiger partial charge on any atom is 0.129 e. The number of halogens is 1. The molecule has 0 spiro atoms. The van der Waals surface area contributed by atoms with Crippen molar-refractivity contribution in [3.8, 4) is 5.75 Å². The fraction of sp³-hybridized carbons (Fsp3) is 0.250. The van der Waals surface area contributed by atoms with Crippen LogP contribution in [0.15, 0.2) is 48.5 Å².